The van der Waals surface area contributed by atoms with Crippen molar-refractivity contribution in [3.63, 3.8) is 0 Å². The van der Waals surface area contributed by atoms with Crippen LogP contribution in [-0.4, -0.2) is 22.5 Å². The third kappa shape index (κ3) is 5.32. The average Bonchev–Trinajstić information content (AvgIpc) is 2.45. The summed E-state index contributed by atoms with van der Waals surface area (Å²) < 4.78 is 10.8. The molecule has 2 aromatic carbocycles. The van der Waals surface area contributed by atoms with Gasteiger partial charge in [-0.05, 0) is 39.1 Å². The lowest BCUT2D eigenvalue weighted by atomic mass is 10.1. The van der Waals surface area contributed by atoms with Crippen LogP contribution in [0.25, 0.3) is 10.8 Å². The van der Waals surface area contributed by atoms with E-state index in [9.17, 15) is 9.69 Å². The molecule has 0 amide bonds. The zero-order valence-electron chi connectivity index (χ0n) is 14.1. The molecule has 0 fully saturated rings. The van der Waals surface area contributed by atoms with Gasteiger partial charge in [0.05, 0.1) is 0 Å². The van der Waals surface area contributed by atoms with Crippen molar-refractivity contribution in [2.45, 2.75) is 39.3 Å². The van der Waals surface area contributed by atoms with E-state index in [2.05, 4.69) is 5.09 Å². The molecule has 2 aromatic rings. The molecule has 0 aliphatic carbocycles. The molecule has 2 rings (SSSR count). The van der Waals surface area contributed by atoms with Gasteiger partial charge in [0.2, 0.25) is 0 Å². The minimum atomic E-state index is -3.52. The minimum Gasteiger partial charge on any atom is -0.459 e. The minimum absolute atomic E-state index is 0.447. The number of esters is 1. The largest absolute Gasteiger partial charge is 0.496 e. The summed E-state index contributed by atoms with van der Waals surface area (Å²) in [6.07, 6.45) is 0. The Morgan fingerprint density at radius 3 is 2.50 bits per heavy atom. The number of carbonyl (C=O) groups is 1. The maximum absolute atomic E-state index is 12.0. The van der Waals surface area contributed by atoms with E-state index in [1.165, 1.54) is 0 Å². The van der Waals surface area contributed by atoms with Gasteiger partial charge in [0, 0.05) is 5.39 Å². The Kier molecular flexibility index (Phi) is 5.71. The molecule has 5 nitrogen and oxygen atoms in total. The number of carbonyl (C=O) groups excluding carboxylic acids is 1. The number of ether oxygens (including phenoxy) is 1. The summed E-state index contributed by atoms with van der Waals surface area (Å²) in [5.41, 5.74) is -0.619. The van der Waals surface area contributed by atoms with Gasteiger partial charge >= 0.3 is 13.2 Å². The van der Waals surface area contributed by atoms with E-state index in [4.69, 9.17) is 20.5 Å². The lowest BCUT2D eigenvalue weighted by molar-refractivity contribution is -0.156. The summed E-state index contributed by atoms with van der Waals surface area (Å²) in [6.45, 7) is 6.87. The Hall–Kier alpha value is -1.39. The highest BCUT2D eigenvalue weighted by Crippen LogP contribution is 2.57. The molecule has 130 valence electrons. The fourth-order valence-corrected chi connectivity index (χ4v) is 3.83. The van der Waals surface area contributed by atoms with E-state index in [1.807, 2.05) is 36.4 Å². The highest BCUT2D eigenvalue weighted by atomic mass is 35.7. The second-order valence-corrected chi connectivity index (χ2v) is 9.27. The maximum atomic E-state index is 12.0. The van der Waals surface area contributed by atoms with Crippen molar-refractivity contribution in [2.24, 2.45) is 0 Å². The van der Waals surface area contributed by atoms with Crippen molar-refractivity contribution in [1.82, 2.24) is 5.09 Å². The molecule has 0 heterocycles. The first kappa shape index (κ1) is 18.9. The summed E-state index contributed by atoms with van der Waals surface area (Å²) in [7, 11) is -3.52. The van der Waals surface area contributed by atoms with E-state index in [0.717, 1.165) is 10.8 Å². The van der Waals surface area contributed by atoms with Crippen LogP contribution in [0.5, 0.6) is 5.75 Å². The van der Waals surface area contributed by atoms with Gasteiger partial charge in [0.25, 0.3) is 0 Å². The van der Waals surface area contributed by atoms with Crippen molar-refractivity contribution in [3.8, 4) is 5.75 Å². The van der Waals surface area contributed by atoms with Crippen LogP contribution in [0.2, 0.25) is 0 Å². The molecule has 0 spiro atoms. The molecule has 2 N–H and O–H groups in total. The summed E-state index contributed by atoms with van der Waals surface area (Å²) in [6, 6.07) is 12.2. The summed E-state index contributed by atoms with van der Waals surface area (Å²) in [5, 5.41) is 4.42. The van der Waals surface area contributed by atoms with Crippen molar-refractivity contribution >= 4 is 35.2 Å². The Morgan fingerprint density at radius 2 is 1.83 bits per heavy atom. The Morgan fingerprint density at radius 1 is 1.21 bits per heavy atom. The molecular weight excluding hydrogens is 349 g/mol. The van der Waals surface area contributed by atoms with Crippen molar-refractivity contribution in [1.29, 1.82) is 0 Å². The summed E-state index contributed by atoms with van der Waals surface area (Å²) in [4.78, 5) is 22.4. The molecule has 0 saturated heterocycles. The quantitative estimate of drug-likeness (QED) is 0.601. The number of nitrogens with one attached hydrogen (secondary N) is 1. The Labute approximate surface area is 147 Å². The van der Waals surface area contributed by atoms with Crippen molar-refractivity contribution in [2.75, 3.05) is 0 Å². The predicted octanol–water partition coefficient (Wildman–Crippen LogP) is 4.45. The van der Waals surface area contributed by atoms with E-state index in [-0.39, 0.29) is 0 Å². The molecule has 0 aliphatic heterocycles. The smallest absolute Gasteiger partial charge is 0.459 e. The van der Waals surface area contributed by atoms with E-state index in [0.29, 0.717) is 5.75 Å². The van der Waals surface area contributed by atoms with Gasteiger partial charge in [-0.3, -0.25) is 9.32 Å². The second-order valence-electron chi connectivity index (χ2n) is 6.45. The van der Waals surface area contributed by atoms with Gasteiger partial charge in [0.15, 0.2) is 17.0 Å². The normalized spacial score (nSPS) is 15.6. The SMILES string of the molecule is C[C@H](N[P+](O)(Cl)Oc1cccc2ccccc12)C(=O)OC(C)(C)C. The van der Waals surface area contributed by atoms with Gasteiger partial charge in [-0.2, -0.15) is 4.89 Å². The number of halogens is 1. The number of hydrogen-bond donors (Lipinski definition) is 2. The third-order valence-electron chi connectivity index (χ3n) is 3.08. The number of fused-ring (bicyclic) bond motifs is 1. The molecule has 2 atom stereocenters. The van der Waals surface area contributed by atoms with Crippen molar-refractivity contribution < 1.29 is 18.9 Å². The first-order valence-electron chi connectivity index (χ1n) is 7.57. The topological polar surface area (TPSA) is 67.8 Å². The van der Waals surface area contributed by atoms with Crippen LogP contribution in [0.15, 0.2) is 42.5 Å². The molecule has 0 aromatic heterocycles. The van der Waals surface area contributed by atoms with Gasteiger partial charge < -0.3 is 4.74 Å². The molecule has 0 aliphatic rings. The van der Waals surface area contributed by atoms with Gasteiger partial charge in [0.1, 0.15) is 11.6 Å². The second kappa shape index (κ2) is 7.24. The molecular formula is C17H22ClNO4P+. The molecule has 0 saturated carbocycles. The molecule has 0 bridgehead atoms. The van der Waals surface area contributed by atoms with Gasteiger partial charge in [-0.1, -0.05) is 36.4 Å². The van der Waals surface area contributed by atoms with Crippen LogP contribution in [0.3, 0.4) is 0 Å². The lowest BCUT2D eigenvalue weighted by Crippen LogP contribution is -2.38. The fourth-order valence-electron chi connectivity index (χ4n) is 2.11. The standard InChI is InChI=1S/C17H22ClNO4P/c1-12(16(20)22-17(2,3)4)19-24(18,21)23-15-11-7-9-13-8-5-6-10-14(13)15/h5-12,19,21H,1-4H3/q+1/t12-,24?/m0/s1. The van der Waals surface area contributed by atoms with Gasteiger partial charge in [-0.25, -0.2) is 0 Å². The monoisotopic (exact) mass is 370 g/mol. The number of benzene rings is 2. The lowest BCUT2D eigenvalue weighted by Gasteiger charge is -2.23. The van der Waals surface area contributed by atoms with Crippen LogP contribution in [0.1, 0.15) is 27.7 Å². The van der Waals surface area contributed by atoms with Crippen LogP contribution < -0.4 is 9.61 Å². The molecule has 24 heavy (non-hydrogen) atoms. The Bertz CT molecular complexity index is 725. The first-order chi connectivity index (χ1) is 11.1. The molecule has 7 heteroatoms. The highest BCUT2D eigenvalue weighted by molar-refractivity contribution is 7.89. The summed E-state index contributed by atoms with van der Waals surface area (Å²) in [5.74, 6) is -0.0640. The van der Waals surface area contributed by atoms with E-state index < -0.39 is 24.8 Å². The highest BCUT2D eigenvalue weighted by Gasteiger charge is 2.43. The molecule has 0 radical (unpaired) electrons. The van der Waals surface area contributed by atoms with Gasteiger partial charge in [-0.15, -0.1) is 5.09 Å². The zero-order chi connectivity index (χ0) is 18.0. The first-order valence-corrected chi connectivity index (χ1v) is 10.1. The zero-order valence-corrected chi connectivity index (χ0v) is 15.8. The van der Waals surface area contributed by atoms with Crippen LogP contribution >= 0.6 is 18.5 Å². The van der Waals surface area contributed by atoms with Crippen LogP contribution in [-0.2, 0) is 9.53 Å². The van der Waals surface area contributed by atoms with E-state index >= 15 is 0 Å². The Balaban J connectivity index is 2.11. The van der Waals surface area contributed by atoms with Crippen molar-refractivity contribution in [3.05, 3.63) is 42.5 Å². The third-order valence-corrected chi connectivity index (χ3v) is 4.73. The average molecular weight is 371 g/mol. The summed E-state index contributed by atoms with van der Waals surface area (Å²) >= 11 is 6.11. The maximum Gasteiger partial charge on any atom is 0.496 e. The number of rotatable bonds is 5. The van der Waals surface area contributed by atoms with Crippen LogP contribution in [0.4, 0.5) is 0 Å². The van der Waals surface area contributed by atoms with Crippen LogP contribution in [0, 0.1) is 0 Å². The molecule has 1 unspecified atom stereocenters. The fraction of sp³-hybridized carbons (Fsp3) is 0.353. The predicted molar refractivity (Wildman–Crippen MR) is 98.0 cm³/mol. The number of hydrogen-bond acceptors (Lipinski definition) is 5. The van der Waals surface area contributed by atoms with E-state index in [1.54, 1.807) is 33.8 Å².